The van der Waals surface area contributed by atoms with Crippen molar-refractivity contribution in [2.24, 2.45) is 0 Å². The summed E-state index contributed by atoms with van der Waals surface area (Å²) in [7, 11) is 1.27. The van der Waals surface area contributed by atoms with Gasteiger partial charge in [0.15, 0.2) is 0 Å². The molecule has 33 heavy (non-hydrogen) atoms. The van der Waals surface area contributed by atoms with E-state index in [1.165, 1.54) is 7.11 Å². The van der Waals surface area contributed by atoms with Crippen molar-refractivity contribution in [3.05, 3.63) is 71.3 Å². The number of carbonyl (C=O) groups is 3. The number of carbonyl (C=O) groups excluding carboxylic acids is 3. The number of benzene rings is 2. The number of hydrogen-bond acceptors (Lipinski definition) is 5. The first-order valence-corrected chi connectivity index (χ1v) is 10.5. The van der Waals surface area contributed by atoms with E-state index < -0.39 is 48.8 Å². The summed E-state index contributed by atoms with van der Waals surface area (Å²) in [6, 6.07) is 13.4. The van der Waals surface area contributed by atoms with Crippen LogP contribution >= 0.6 is 0 Å². The average molecular weight is 460 g/mol. The molecule has 0 spiro atoms. The van der Waals surface area contributed by atoms with Crippen LogP contribution in [-0.4, -0.2) is 48.5 Å². The molecule has 0 radical (unpaired) electrons. The number of likely N-dealkylation sites (tertiary alicyclic amines) is 1. The van der Waals surface area contributed by atoms with Crippen molar-refractivity contribution < 1.29 is 32.6 Å². The number of ether oxygens (including phenoxy) is 2. The third-order valence-corrected chi connectivity index (χ3v) is 5.52. The summed E-state index contributed by atoms with van der Waals surface area (Å²) in [6.45, 7) is 1.37. The predicted octanol–water partition coefficient (Wildman–Crippen LogP) is 4.09. The maximum absolute atomic E-state index is 14.1. The van der Waals surface area contributed by atoms with Crippen molar-refractivity contribution >= 4 is 18.0 Å². The van der Waals surface area contributed by atoms with Crippen molar-refractivity contribution in [3.8, 4) is 0 Å². The van der Waals surface area contributed by atoms with Gasteiger partial charge in [-0.1, -0.05) is 42.5 Å². The second-order valence-corrected chi connectivity index (χ2v) is 7.90. The van der Waals surface area contributed by atoms with E-state index in [2.05, 4.69) is 10.1 Å². The smallest absolute Gasteiger partial charge is 0.410 e. The minimum Gasteiger partial charge on any atom is -0.465 e. The molecule has 1 saturated heterocycles. The van der Waals surface area contributed by atoms with Crippen LogP contribution in [0.25, 0.3) is 0 Å². The molecule has 0 bridgehead atoms. The summed E-state index contributed by atoms with van der Waals surface area (Å²) in [5, 5.41) is 2.69. The number of amides is 2. The van der Waals surface area contributed by atoms with Crippen molar-refractivity contribution in [2.45, 2.75) is 44.4 Å². The number of nitrogens with zero attached hydrogens (tertiary/aromatic N) is 1. The zero-order valence-electron chi connectivity index (χ0n) is 18.4. The lowest BCUT2D eigenvalue weighted by Crippen LogP contribution is -2.56. The van der Waals surface area contributed by atoms with E-state index in [9.17, 15) is 23.2 Å². The van der Waals surface area contributed by atoms with Crippen LogP contribution < -0.4 is 5.32 Å². The Morgan fingerprint density at radius 2 is 1.79 bits per heavy atom. The van der Waals surface area contributed by atoms with Gasteiger partial charge < -0.3 is 14.8 Å². The molecule has 0 unspecified atom stereocenters. The van der Waals surface area contributed by atoms with Gasteiger partial charge in [-0.2, -0.15) is 0 Å². The number of nitrogens with one attached hydrogen (secondary N) is 1. The van der Waals surface area contributed by atoms with Crippen molar-refractivity contribution in [1.29, 1.82) is 0 Å². The van der Waals surface area contributed by atoms with Gasteiger partial charge in [-0.15, -0.1) is 0 Å². The zero-order chi connectivity index (χ0) is 24.0. The SMILES string of the molecule is COC(=O)c1ccc([C@H](C)NC(=O)[C@H]2CC(F)(F)CCN2C(=O)OCc2ccccc2)cc1. The number of methoxy groups -OCH3 is 1. The highest BCUT2D eigenvalue weighted by atomic mass is 19.3. The molecular formula is C24H26F2N2O5. The molecule has 9 heteroatoms. The van der Waals surface area contributed by atoms with Crippen LogP contribution in [-0.2, 0) is 20.9 Å². The first-order valence-electron chi connectivity index (χ1n) is 10.5. The van der Waals surface area contributed by atoms with Gasteiger partial charge in [0.1, 0.15) is 12.6 Å². The van der Waals surface area contributed by atoms with E-state index in [1.54, 1.807) is 55.5 Å². The van der Waals surface area contributed by atoms with Gasteiger partial charge in [-0.25, -0.2) is 18.4 Å². The largest absolute Gasteiger partial charge is 0.465 e. The van der Waals surface area contributed by atoms with E-state index in [0.717, 1.165) is 10.5 Å². The fourth-order valence-electron chi connectivity index (χ4n) is 3.61. The molecule has 0 saturated carbocycles. The quantitative estimate of drug-likeness (QED) is 0.657. The summed E-state index contributed by atoms with van der Waals surface area (Å²) in [5.41, 5.74) is 1.76. The molecule has 1 N–H and O–H groups in total. The number of rotatable bonds is 6. The first-order chi connectivity index (χ1) is 15.7. The lowest BCUT2D eigenvalue weighted by atomic mass is 9.97. The lowest BCUT2D eigenvalue weighted by molar-refractivity contribution is -0.136. The minimum absolute atomic E-state index is 0.0240. The predicted molar refractivity (Wildman–Crippen MR) is 116 cm³/mol. The van der Waals surface area contributed by atoms with Crippen molar-refractivity contribution in [2.75, 3.05) is 13.7 Å². The summed E-state index contributed by atoms with van der Waals surface area (Å²) in [6.07, 6.45) is -2.14. The van der Waals surface area contributed by atoms with E-state index in [0.29, 0.717) is 11.1 Å². The summed E-state index contributed by atoms with van der Waals surface area (Å²) < 4.78 is 38.2. The van der Waals surface area contributed by atoms with Crippen LogP contribution in [0.5, 0.6) is 0 Å². The van der Waals surface area contributed by atoms with Gasteiger partial charge in [0.25, 0.3) is 5.92 Å². The van der Waals surface area contributed by atoms with E-state index in [1.807, 2.05) is 6.07 Å². The van der Waals surface area contributed by atoms with Gasteiger partial charge >= 0.3 is 12.1 Å². The fraction of sp³-hybridized carbons (Fsp3) is 0.375. The number of piperidine rings is 1. The molecule has 1 aliphatic rings. The van der Waals surface area contributed by atoms with Crippen LogP contribution in [0, 0.1) is 0 Å². The zero-order valence-corrected chi connectivity index (χ0v) is 18.4. The van der Waals surface area contributed by atoms with Gasteiger partial charge in [0.05, 0.1) is 18.7 Å². The summed E-state index contributed by atoms with van der Waals surface area (Å²) >= 11 is 0. The van der Waals surface area contributed by atoms with Crippen LogP contribution in [0.1, 0.15) is 47.3 Å². The van der Waals surface area contributed by atoms with Crippen LogP contribution in [0.15, 0.2) is 54.6 Å². The average Bonchev–Trinajstić information content (AvgIpc) is 2.82. The van der Waals surface area contributed by atoms with Gasteiger partial charge in [-0.05, 0) is 30.2 Å². The molecule has 2 amide bonds. The second kappa shape index (κ2) is 10.4. The molecule has 2 aromatic rings. The van der Waals surface area contributed by atoms with Crippen molar-refractivity contribution in [1.82, 2.24) is 10.2 Å². The Morgan fingerprint density at radius 1 is 1.12 bits per heavy atom. The Morgan fingerprint density at radius 3 is 2.42 bits per heavy atom. The molecular weight excluding hydrogens is 434 g/mol. The lowest BCUT2D eigenvalue weighted by Gasteiger charge is -2.38. The number of alkyl halides is 2. The molecule has 7 nitrogen and oxygen atoms in total. The molecule has 1 aliphatic heterocycles. The third-order valence-electron chi connectivity index (χ3n) is 5.52. The Balaban J connectivity index is 1.67. The number of esters is 1. The molecule has 0 aliphatic carbocycles. The van der Waals surface area contributed by atoms with E-state index >= 15 is 0 Å². The third kappa shape index (κ3) is 6.27. The molecule has 2 atom stereocenters. The Bertz CT molecular complexity index is 982. The normalized spacial score (nSPS) is 18.2. The molecule has 2 aromatic carbocycles. The highest BCUT2D eigenvalue weighted by molar-refractivity contribution is 5.89. The molecule has 3 rings (SSSR count). The molecule has 1 heterocycles. The monoisotopic (exact) mass is 460 g/mol. The van der Waals surface area contributed by atoms with E-state index in [-0.39, 0.29) is 13.2 Å². The van der Waals surface area contributed by atoms with Gasteiger partial charge in [-0.3, -0.25) is 9.69 Å². The summed E-state index contributed by atoms with van der Waals surface area (Å²) in [5.74, 6) is -4.26. The molecule has 176 valence electrons. The minimum atomic E-state index is -3.07. The number of hydrogen-bond donors (Lipinski definition) is 1. The fourth-order valence-corrected chi connectivity index (χ4v) is 3.61. The van der Waals surface area contributed by atoms with Crippen molar-refractivity contribution in [3.63, 3.8) is 0 Å². The highest BCUT2D eigenvalue weighted by Gasteiger charge is 2.46. The second-order valence-electron chi connectivity index (χ2n) is 7.90. The van der Waals surface area contributed by atoms with Gasteiger partial charge in [0, 0.05) is 19.4 Å². The maximum Gasteiger partial charge on any atom is 0.410 e. The number of halogens is 2. The van der Waals surface area contributed by atoms with Gasteiger partial charge in [0.2, 0.25) is 5.91 Å². The standard InChI is InChI=1S/C24H26F2N2O5/c1-16(18-8-10-19(11-9-18)22(30)32-2)27-21(29)20-14-24(25,26)12-13-28(20)23(31)33-15-17-6-4-3-5-7-17/h3-11,16,20H,12-15H2,1-2H3,(H,27,29)/t16-,20+/m0/s1. The molecule has 1 fully saturated rings. The molecule has 0 aromatic heterocycles. The highest BCUT2D eigenvalue weighted by Crippen LogP contribution is 2.33. The Labute approximate surface area is 190 Å². The van der Waals surface area contributed by atoms with Crippen LogP contribution in [0.3, 0.4) is 0 Å². The van der Waals surface area contributed by atoms with Crippen LogP contribution in [0.4, 0.5) is 13.6 Å². The topological polar surface area (TPSA) is 84.9 Å². The van der Waals surface area contributed by atoms with Crippen LogP contribution in [0.2, 0.25) is 0 Å². The summed E-state index contributed by atoms with van der Waals surface area (Å²) in [4.78, 5) is 38.2. The Hall–Kier alpha value is -3.49. The van der Waals surface area contributed by atoms with E-state index in [4.69, 9.17) is 4.74 Å². The first kappa shape index (κ1) is 24.2. The maximum atomic E-state index is 14.1. The Kier molecular flexibility index (Phi) is 7.63.